The number of methoxy groups -OCH3 is 1. The number of likely N-dealkylation sites (N-methyl/N-ethyl adjacent to an activating group) is 1. The number of hydrogen-bond donors (Lipinski definition) is 2. The van der Waals surface area contributed by atoms with Gasteiger partial charge < -0.3 is 4.74 Å². The molecule has 0 aliphatic carbocycles. The van der Waals surface area contributed by atoms with E-state index in [-0.39, 0.29) is 18.6 Å². The summed E-state index contributed by atoms with van der Waals surface area (Å²) in [6, 6.07) is 7.13. The Balaban J connectivity index is 2.86. The topological polar surface area (TPSA) is 67.6 Å². The lowest BCUT2D eigenvalue weighted by atomic mass is 10.1. The number of amides is 1. The number of rotatable bonds is 6. The van der Waals surface area contributed by atoms with Gasteiger partial charge in [-0.2, -0.15) is 0 Å². The number of nitrogens with zero attached hydrogens (tertiary/aromatic N) is 1. The number of benzene rings is 1. The zero-order valence-electron chi connectivity index (χ0n) is 11.4. The fourth-order valence-corrected chi connectivity index (χ4v) is 2.00. The van der Waals surface area contributed by atoms with Gasteiger partial charge in [0.25, 0.3) is 5.91 Å². The van der Waals surface area contributed by atoms with Crippen molar-refractivity contribution in [3.63, 3.8) is 0 Å². The molecule has 0 bridgehead atoms. The van der Waals surface area contributed by atoms with Crippen LogP contribution in [0.3, 0.4) is 0 Å². The molecular weight excluding hydrogens is 266 g/mol. The van der Waals surface area contributed by atoms with Gasteiger partial charge in [-0.1, -0.05) is 23.7 Å². The first kappa shape index (κ1) is 15.9. The Morgan fingerprint density at radius 3 is 2.53 bits per heavy atom. The maximum Gasteiger partial charge on any atom is 0.253 e. The molecule has 5 nitrogen and oxygen atoms in total. The zero-order chi connectivity index (χ0) is 14.4. The summed E-state index contributed by atoms with van der Waals surface area (Å²) in [5.74, 6) is 4.93. The van der Waals surface area contributed by atoms with Crippen LogP contribution in [0.2, 0.25) is 5.02 Å². The second-order valence-corrected chi connectivity index (χ2v) is 4.81. The molecule has 2 unspecified atom stereocenters. The van der Waals surface area contributed by atoms with Gasteiger partial charge in [0.2, 0.25) is 0 Å². The molecule has 0 saturated carbocycles. The number of carbonyl (C=O) groups excluding carboxylic acids is 1. The van der Waals surface area contributed by atoms with E-state index in [0.29, 0.717) is 5.02 Å². The molecule has 0 aliphatic heterocycles. The highest BCUT2D eigenvalue weighted by Crippen LogP contribution is 2.22. The number of halogens is 1. The van der Waals surface area contributed by atoms with E-state index in [2.05, 4.69) is 5.43 Å². The quantitative estimate of drug-likeness (QED) is 0.470. The summed E-state index contributed by atoms with van der Waals surface area (Å²) >= 11 is 5.87. The highest BCUT2D eigenvalue weighted by Gasteiger charge is 2.26. The highest BCUT2D eigenvalue weighted by atomic mass is 35.5. The largest absolute Gasteiger partial charge is 0.383 e. The predicted octanol–water partition coefficient (Wildman–Crippen LogP) is 1.34. The van der Waals surface area contributed by atoms with E-state index >= 15 is 0 Å². The maximum atomic E-state index is 11.8. The van der Waals surface area contributed by atoms with Gasteiger partial charge in [-0.3, -0.25) is 15.1 Å². The molecule has 0 radical (unpaired) electrons. The van der Waals surface area contributed by atoms with Crippen LogP contribution in [0, 0.1) is 0 Å². The number of nitrogens with one attached hydrogen (secondary N) is 1. The Morgan fingerprint density at radius 2 is 2.05 bits per heavy atom. The lowest BCUT2D eigenvalue weighted by Gasteiger charge is -2.31. The summed E-state index contributed by atoms with van der Waals surface area (Å²) in [5, 5.41) is 0.687. The van der Waals surface area contributed by atoms with Crippen LogP contribution in [0.4, 0.5) is 0 Å². The molecule has 1 rings (SSSR count). The molecule has 0 saturated heterocycles. The Morgan fingerprint density at radius 1 is 1.47 bits per heavy atom. The fraction of sp³-hybridized carbons (Fsp3) is 0.462. The fourth-order valence-electron chi connectivity index (χ4n) is 1.88. The van der Waals surface area contributed by atoms with Crippen molar-refractivity contribution in [2.45, 2.75) is 19.0 Å². The van der Waals surface area contributed by atoms with E-state index in [1.165, 1.54) is 0 Å². The molecule has 0 heterocycles. The standard InChI is InChI=1S/C13H20ClN3O2/c1-9(10-4-6-11(14)7-5-10)17(2)12(8-19-3)13(18)16-15/h4-7,9,12H,8,15H2,1-3H3,(H,16,18). The number of hydrazine groups is 1. The van der Waals surface area contributed by atoms with E-state index in [1.807, 2.05) is 43.1 Å². The average Bonchev–Trinajstić information content (AvgIpc) is 2.43. The normalized spacial score (nSPS) is 14.2. The first-order valence-corrected chi connectivity index (χ1v) is 6.35. The summed E-state index contributed by atoms with van der Waals surface area (Å²) in [6.07, 6.45) is 0. The van der Waals surface area contributed by atoms with Gasteiger partial charge in [0, 0.05) is 18.2 Å². The summed E-state index contributed by atoms with van der Waals surface area (Å²) in [6.45, 7) is 2.28. The van der Waals surface area contributed by atoms with Gasteiger partial charge in [-0.05, 0) is 31.7 Å². The van der Waals surface area contributed by atoms with Crippen LogP contribution in [0.5, 0.6) is 0 Å². The first-order chi connectivity index (χ1) is 9.01. The molecule has 106 valence electrons. The molecule has 1 aromatic rings. The third-order valence-corrected chi connectivity index (χ3v) is 3.48. The minimum absolute atomic E-state index is 0.0368. The molecule has 1 aromatic carbocycles. The van der Waals surface area contributed by atoms with Crippen LogP contribution in [0.1, 0.15) is 18.5 Å². The van der Waals surface area contributed by atoms with E-state index in [9.17, 15) is 4.79 Å². The molecule has 0 fully saturated rings. The SMILES string of the molecule is COCC(C(=O)NN)N(C)C(C)c1ccc(Cl)cc1. The molecule has 6 heteroatoms. The minimum Gasteiger partial charge on any atom is -0.383 e. The summed E-state index contributed by atoms with van der Waals surface area (Å²) in [5.41, 5.74) is 3.23. The van der Waals surface area contributed by atoms with Crippen LogP contribution in [-0.4, -0.2) is 37.6 Å². The summed E-state index contributed by atoms with van der Waals surface area (Å²) in [7, 11) is 3.41. The zero-order valence-corrected chi connectivity index (χ0v) is 12.1. The van der Waals surface area contributed by atoms with E-state index in [1.54, 1.807) is 7.11 Å². The molecule has 0 aliphatic rings. The number of hydrogen-bond acceptors (Lipinski definition) is 4. The summed E-state index contributed by atoms with van der Waals surface area (Å²) in [4.78, 5) is 13.7. The minimum atomic E-state index is -0.444. The van der Waals surface area contributed by atoms with Crippen molar-refractivity contribution in [3.05, 3.63) is 34.9 Å². The second-order valence-electron chi connectivity index (χ2n) is 4.37. The number of ether oxygens (including phenoxy) is 1. The van der Waals surface area contributed by atoms with Gasteiger partial charge in [0.05, 0.1) is 6.61 Å². The van der Waals surface area contributed by atoms with Gasteiger partial charge >= 0.3 is 0 Å². The Labute approximate surface area is 118 Å². The molecule has 2 atom stereocenters. The Bertz CT molecular complexity index is 411. The highest BCUT2D eigenvalue weighted by molar-refractivity contribution is 6.30. The van der Waals surface area contributed by atoms with Gasteiger partial charge in [-0.15, -0.1) is 0 Å². The Kier molecular flexibility index (Phi) is 6.24. The van der Waals surface area contributed by atoms with Gasteiger partial charge in [0.15, 0.2) is 0 Å². The van der Waals surface area contributed by atoms with Crippen LogP contribution in [0.15, 0.2) is 24.3 Å². The predicted molar refractivity (Wildman–Crippen MR) is 75.6 cm³/mol. The maximum absolute atomic E-state index is 11.8. The molecule has 19 heavy (non-hydrogen) atoms. The smallest absolute Gasteiger partial charge is 0.253 e. The van der Waals surface area contributed by atoms with Crippen molar-refractivity contribution >= 4 is 17.5 Å². The lowest BCUT2D eigenvalue weighted by molar-refractivity contribution is -0.128. The molecular formula is C13H20ClN3O2. The van der Waals surface area contributed by atoms with E-state index in [4.69, 9.17) is 22.2 Å². The van der Waals surface area contributed by atoms with Crippen LogP contribution in [0.25, 0.3) is 0 Å². The van der Waals surface area contributed by atoms with Crippen molar-refractivity contribution < 1.29 is 9.53 Å². The molecule has 1 amide bonds. The van der Waals surface area contributed by atoms with Crippen LogP contribution in [-0.2, 0) is 9.53 Å². The average molecular weight is 286 g/mol. The van der Waals surface area contributed by atoms with Crippen LogP contribution >= 0.6 is 11.6 Å². The summed E-state index contributed by atoms with van der Waals surface area (Å²) < 4.78 is 5.07. The van der Waals surface area contributed by atoms with Crippen molar-refractivity contribution in [2.24, 2.45) is 5.84 Å². The van der Waals surface area contributed by atoms with Crippen molar-refractivity contribution in [1.82, 2.24) is 10.3 Å². The first-order valence-electron chi connectivity index (χ1n) is 5.98. The van der Waals surface area contributed by atoms with E-state index < -0.39 is 6.04 Å². The van der Waals surface area contributed by atoms with Crippen molar-refractivity contribution in [2.75, 3.05) is 20.8 Å². The third kappa shape index (κ3) is 4.18. The molecule has 3 N–H and O–H groups in total. The van der Waals surface area contributed by atoms with E-state index in [0.717, 1.165) is 5.56 Å². The number of carbonyl (C=O) groups is 1. The Hall–Kier alpha value is -1.14. The number of nitrogens with two attached hydrogens (primary N) is 1. The van der Waals surface area contributed by atoms with Gasteiger partial charge in [-0.25, -0.2) is 5.84 Å². The van der Waals surface area contributed by atoms with Gasteiger partial charge in [0.1, 0.15) is 6.04 Å². The van der Waals surface area contributed by atoms with Crippen molar-refractivity contribution in [1.29, 1.82) is 0 Å². The lowest BCUT2D eigenvalue weighted by Crippen LogP contribution is -2.50. The third-order valence-electron chi connectivity index (χ3n) is 3.22. The molecule has 0 spiro atoms. The molecule has 0 aromatic heterocycles. The van der Waals surface area contributed by atoms with Crippen LogP contribution < -0.4 is 11.3 Å². The monoisotopic (exact) mass is 285 g/mol. The van der Waals surface area contributed by atoms with Crippen molar-refractivity contribution in [3.8, 4) is 0 Å². The second kappa shape index (κ2) is 7.45.